The minimum atomic E-state index is 0.107. The largest absolute Gasteiger partial charge is 0.394 e. The molecule has 0 aromatic heterocycles. The van der Waals surface area contributed by atoms with Crippen LogP contribution in [0.4, 0.5) is 0 Å². The summed E-state index contributed by atoms with van der Waals surface area (Å²) >= 11 is 0. The van der Waals surface area contributed by atoms with Gasteiger partial charge in [0.2, 0.25) is 0 Å². The summed E-state index contributed by atoms with van der Waals surface area (Å²) in [6.07, 6.45) is 0. The molecule has 1 N–H and O–H groups in total. The molecule has 0 saturated carbocycles. The first kappa shape index (κ1) is 13.5. The molecule has 1 aliphatic heterocycles. The van der Waals surface area contributed by atoms with Gasteiger partial charge in [0.1, 0.15) is 0 Å². The summed E-state index contributed by atoms with van der Waals surface area (Å²) in [7, 11) is 0. The number of rotatable bonds is 4. The molecule has 1 heterocycles. The van der Waals surface area contributed by atoms with Gasteiger partial charge in [0.25, 0.3) is 0 Å². The summed E-state index contributed by atoms with van der Waals surface area (Å²) in [6.45, 7) is 7.89. The highest BCUT2D eigenvalue weighted by molar-refractivity contribution is 5.27. The lowest BCUT2D eigenvalue weighted by Gasteiger charge is -2.33. The van der Waals surface area contributed by atoms with E-state index in [9.17, 15) is 5.11 Å². The molecular formula is C15H23NO2. The summed E-state index contributed by atoms with van der Waals surface area (Å²) in [5, 5.41) is 9.63. The monoisotopic (exact) mass is 249 g/mol. The number of morpholine rings is 1. The first-order valence-corrected chi connectivity index (χ1v) is 6.75. The van der Waals surface area contributed by atoms with Gasteiger partial charge in [-0.3, -0.25) is 4.90 Å². The van der Waals surface area contributed by atoms with Gasteiger partial charge in [-0.25, -0.2) is 0 Å². The Bertz CT molecular complexity index is 355. The van der Waals surface area contributed by atoms with E-state index in [0.29, 0.717) is 5.92 Å². The number of aliphatic hydroxyl groups excluding tert-OH is 1. The SMILES string of the molecule is CC(C)c1ccc([C@@H](CO)N2CCOCC2)cc1. The van der Waals surface area contributed by atoms with Gasteiger partial charge in [0.15, 0.2) is 0 Å². The van der Waals surface area contributed by atoms with Crippen LogP contribution in [-0.4, -0.2) is 42.9 Å². The lowest BCUT2D eigenvalue weighted by Crippen LogP contribution is -2.40. The van der Waals surface area contributed by atoms with Crippen molar-refractivity contribution in [2.45, 2.75) is 25.8 Å². The lowest BCUT2D eigenvalue weighted by molar-refractivity contribution is 0.00259. The van der Waals surface area contributed by atoms with Crippen molar-refractivity contribution in [2.75, 3.05) is 32.9 Å². The maximum Gasteiger partial charge on any atom is 0.0628 e. The van der Waals surface area contributed by atoms with Gasteiger partial charge < -0.3 is 9.84 Å². The van der Waals surface area contributed by atoms with E-state index >= 15 is 0 Å². The van der Waals surface area contributed by atoms with Crippen LogP contribution in [0.5, 0.6) is 0 Å². The fourth-order valence-corrected chi connectivity index (χ4v) is 2.42. The molecule has 100 valence electrons. The van der Waals surface area contributed by atoms with Gasteiger partial charge in [-0.2, -0.15) is 0 Å². The topological polar surface area (TPSA) is 32.7 Å². The molecule has 0 unspecified atom stereocenters. The third-order valence-corrected chi connectivity index (χ3v) is 3.65. The third-order valence-electron chi connectivity index (χ3n) is 3.65. The molecule has 1 aromatic carbocycles. The summed E-state index contributed by atoms with van der Waals surface area (Å²) < 4.78 is 5.36. The zero-order chi connectivity index (χ0) is 13.0. The molecule has 0 bridgehead atoms. The van der Waals surface area contributed by atoms with E-state index in [0.717, 1.165) is 26.3 Å². The molecule has 1 atom stereocenters. The van der Waals surface area contributed by atoms with E-state index in [1.807, 2.05) is 0 Å². The molecule has 1 aliphatic rings. The molecule has 0 aliphatic carbocycles. The minimum absolute atomic E-state index is 0.107. The Labute approximate surface area is 109 Å². The van der Waals surface area contributed by atoms with Crippen molar-refractivity contribution in [1.29, 1.82) is 0 Å². The number of ether oxygens (including phenoxy) is 1. The Morgan fingerprint density at radius 1 is 1.11 bits per heavy atom. The number of nitrogens with zero attached hydrogens (tertiary/aromatic N) is 1. The van der Waals surface area contributed by atoms with Crippen molar-refractivity contribution in [1.82, 2.24) is 4.90 Å². The van der Waals surface area contributed by atoms with Crippen molar-refractivity contribution in [3.8, 4) is 0 Å². The number of aliphatic hydroxyl groups is 1. The molecule has 0 amide bonds. The van der Waals surface area contributed by atoms with Crippen molar-refractivity contribution in [3.05, 3.63) is 35.4 Å². The summed E-state index contributed by atoms with van der Waals surface area (Å²) in [6, 6.07) is 8.74. The average molecular weight is 249 g/mol. The van der Waals surface area contributed by atoms with E-state index in [1.54, 1.807) is 0 Å². The Morgan fingerprint density at radius 3 is 2.17 bits per heavy atom. The molecule has 1 fully saturated rings. The molecule has 0 radical (unpaired) electrons. The van der Waals surface area contributed by atoms with E-state index in [1.165, 1.54) is 11.1 Å². The molecule has 18 heavy (non-hydrogen) atoms. The number of benzene rings is 1. The molecule has 3 heteroatoms. The van der Waals surface area contributed by atoms with Gasteiger partial charge in [-0.05, 0) is 17.0 Å². The fraction of sp³-hybridized carbons (Fsp3) is 0.600. The molecule has 1 saturated heterocycles. The van der Waals surface area contributed by atoms with Gasteiger partial charge in [0, 0.05) is 13.1 Å². The second-order valence-corrected chi connectivity index (χ2v) is 5.17. The van der Waals surface area contributed by atoms with Crippen molar-refractivity contribution in [3.63, 3.8) is 0 Å². The van der Waals surface area contributed by atoms with Gasteiger partial charge in [-0.1, -0.05) is 38.1 Å². The maximum absolute atomic E-state index is 9.63. The van der Waals surface area contributed by atoms with E-state index < -0.39 is 0 Å². The Hall–Kier alpha value is -0.900. The highest BCUT2D eigenvalue weighted by atomic mass is 16.5. The Morgan fingerprint density at radius 2 is 1.67 bits per heavy atom. The van der Waals surface area contributed by atoms with Crippen molar-refractivity contribution >= 4 is 0 Å². The van der Waals surface area contributed by atoms with Crippen LogP contribution in [0.2, 0.25) is 0 Å². The van der Waals surface area contributed by atoms with Crippen LogP contribution in [0.25, 0.3) is 0 Å². The van der Waals surface area contributed by atoms with Crippen LogP contribution >= 0.6 is 0 Å². The summed E-state index contributed by atoms with van der Waals surface area (Å²) in [4.78, 5) is 2.30. The van der Waals surface area contributed by atoms with Gasteiger partial charge in [-0.15, -0.1) is 0 Å². The minimum Gasteiger partial charge on any atom is -0.394 e. The Balaban J connectivity index is 2.11. The first-order chi connectivity index (χ1) is 8.72. The van der Waals surface area contributed by atoms with Crippen LogP contribution in [0.3, 0.4) is 0 Å². The number of hydrogen-bond donors (Lipinski definition) is 1. The van der Waals surface area contributed by atoms with Crippen LogP contribution in [0.15, 0.2) is 24.3 Å². The lowest BCUT2D eigenvalue weighted by atomic mass is 9.98. The predicted molar refractivity (Wildman–Crippen MR) is 72.7 cm³/mol. The zero-order valence-electron chi connectivity index (χ0n) is 11.3. The quantitative estimate of drug-likeness (QED) is 0.887. The molecule has 0 spiro atoms. The highest BCUT2D eigenvalue weighted by Gasteiger charge is 2.21. The molecule has 1 aromatic rings. The van der Waals surface area contributed by atoms with Crippen molar-refractivity contribution in [2.24, 2.45) is 0 Å². The van der Waals surface area contributed by atoms with Crippen LogP contribution in [0.1, 0.15) is 36.9 Å². The summed E-state index contributed by atoms with van der Waals surface area (Å²) in [5.74, 6) is 0.551. The smallest absolute Gasteiger partial charge is 0.0628 e. The average Bonchev–Trinajstić information content (AvgIpc) is 2.41. The van der Waals surface area contributed by atoms with Crippen molar-refractivity contribution < 1.29 is 9.84 Å². The van der Waals surface area contributed by atoms with E-state index in [4.69, 9.17) is 4.74 Å². The molecule has 3 nitrogen and oxygen atoms in total. The zero-order valence-corrected chi connectivity index (χ0v) is 11.3. The fourth-order valence-electron chi connectivity index (χ4n) is 2.42. The normalized spacial score (nSPS) is 19.1. The standard InChI is InChI=1S/C15H23NO2/c1-12(2)13-3-5-14(6-4-13)15(11-17)16-7-9-18-10-8-16/h3-6,12,15,17H,7-11H2,1-2H3/t15-/m1/s1. The predicted octanol–water partition coefficient (Wildman–Crippen LogP) is 2.18. The van der Waals surface area contributed by atoms with Crippen LogP contribution in [-0.2, 0) is 4.74 Å². The second kappa shape index (κ2) is 6.32. The van der Waals surface area contributed by atoms with Gasteiger partial charge >= 0.3 is 0 Å². The summed E-state index contributed by atoms with van der Waals surface area (Å²) in [5.41, 5.74) is 2.54. The third kappa shape index (κ3) is 3.10. The van der Waals surface area contributed by atoms with E-state index in [2.05, 4.69) is 43.0 Å². The number of hydrogen-bond acceptors (Lipinski definition) is 3. The van der Waals surface area contributed by atoms with E-state index in [-0.39, 0.29) is 12.6 Å². The molecule has 2 rings (SSSR count). The highest BCUT2D eigenvalue weighted by Crippen LogP contribution is 2.23. The van der Waals surface area contributed by atoms with Gasteiger partial charge in [0.05, 0.1) is 25.9 Å². The maximum atomic E-state index is 9.63. The first-order valence-electron chi connectivity index (χ1n) is 6.75. The van der Waals surface area contributed by atoms with Crippen LogP contribution in [0, 0.1) is 0 Å². The Kier molecular flexibility index (Phi) is 4.75. The van der Waals surface area contributed by atoms with Crippen LogP contribution < -0.4 is 0 Å². The molecular weight excluding hydrogens is 226 g/mol. The second-order valence-electron chi connectivity index (χ2n) is 5.17.